The molecule has 0 aliphatic heterocycles. The molecule has 0 atom stereocenters. The van der Waals surface area contributed by atoms with Crippen molar-refractivity contribution < 1.29 is 9.53 Å². The van der Waals surface area contributed by atoms with Crippen LogP contribution in [-0.2, 0) is 6.61 Å². The van der Waals surface area contributed by atoms with Gasteiger partial charge in [-0.1, -0.05) is 59.6 Å². The summed E-state index contributed by atoms with van der Waals surface area (Å²) in [7, 11) is 0. The highest BCUT2D eigenvalue weighted by Crippen LogP contribution is 2.35. The summed E-state index contributed by atoms with van der Waals surface area (Å²) in [5.41, 5.74) is 4.58. The van der Waals surface area contributed by atoms with Gasteiger partial charge in [0.05, 0.1) is 15.7 Å². The Morgan fingerprint density at radius 3 is 2.46 bits per heavy atom. The number of benzene rings is 3. The quantitative estimate of drug-likeness (QED) is 0.344. The van der Waals surface area contributed by atoms with E-state index >= 15 is 0 Å². The van der Waals surface area contributed by atoms with Gasteiger partial charge >= 0.3 is 0 Å². The van der Waals surface area contributed by atoms with Gasteiger partial charge in [-0.05, 0) is 51.8 Å². The summed E-state index contributed by atoms with van der Waals surface area (Å²) in [6.45, 7) is 0.290. The molecule has 0 saturated heterocycles. The monoisotopic (exact) mass is 476 g/mol. The second-order valence-corrected chi connectivity index (χ2v) is 7.43. The maximum Gasteiger partial charge on any atom is 0.271 e. The molecular weight excluding hydrogens is 463 g/mol. The first-order valence-electron chi connectivity index (χ1n) is 8.28. The fraction of sp³-hybridized carbons (Fsp3) is 0.0476. The highest BCUT2D eigenvalue weighted by Gasteiger charge is 2.10. The lowest BCUT2D eigenvalue weighted by Gasteiger charge is -2.12. The molecule has 0 saturated carbocycles. The van der Waals surface area contributed by atoms with Crippen LogP contribution in [0.4, 0.5) is 0 Å². The Balaban J connectivity index is 1.66. The topological polar surface area (TPSA) is 50.7 Å². The van der Waals surface area contributed by atoms with Gasteiger partial charge in [-0.3, -0.25) is 4.79 Å². The number of amides is 1. The lowest BCUT2D eigenvalue weighted by atomic mass is 10.2. The first kappa shape index (κ1) is 20.4. The van der Waals surface area contributed by atoms with Gasteiger partial charge in [0.2, 0.25) is 0 Å². The van der Waals surface area contributed by atoms with Crippen molar-refractivity contribution in [2.45, 2.75) is 6.61 Å². The average Bonchev–Trinajstić information content (AvgIpc) is 2.69. The maximum absolute atomic E-state index is 12.0. The Bertz CT molecular complexity index is 987. The lowest BCUT2D eigenvalue weighted by molar-refractivity contribution is 0.0955. The van der Waals surface area contributed by atoms with Crippen LogP contribution in [-0.4, -0.2) is 12.1 Å². The van der Waals surface area contributed by atoms with Gasteiger partial charge in [-0.25, -0.2) is 5.43 Å². The maximum atomic E-state index is 12.0. The van der Waals surface area contributed by atoms with E-state index in [1.54, 1.807) is 42.5 Å². The zero-order valence-corrected chi connectivity index (χ0v) is 17.6. The third-order valence-corrected chi connectivity index (χ3v) is 5.00. The van der Waals surface area contributed by atoms with Gasteiger partial charge in [-0.15, -0.1) is 0 Å². The molecule has 0 unspecified atom stereocenters. The summed E-state index contributed by atoms with van der Waals surface area (Å²) in [4.78, 5) is 12.0. The molecule has 3 rings (SSSR count). The molecule has 0 aliphatic rings. The molecule has 0 radical (unpaired) electrons. The zero-order chi connectivity index (χ0) is 19.9. The van der Waals surface area contributed by atoms with Crippen LogP contribution in [0.25, 0.3) is 0 Å². The molecule has 0 heterocycles. The minimum atomic E-state index is -0.290. The van der Waals surface area contributed by atoms with E-state index < -0.39 is 0 Å². The van der Waals surface area contributed by atoms with Crippen molar-refractivity contribution in [2.24, 2.45) is 5.10 Å². The first-order valence-corrected chi connectivity index (χ1v) is 9.83. The molecule has 3 aromatic rings. The Hall–Kier alpha value is -2.34. The Kier molecular flexibility index (Phi) is 7.09. The normalized spacial score (nSPS) is 10.8. The number of rotatable bonds is 6. The summed E-state index contributed by atoms with van der Waals surface area (Å²) < 4.78 is 6.48. The molecule has 3 aromatic carbocycles. The van der Waals surface area contributed by atoms with Crippen LogP contribution in [0.5, 0.6) is 5.75 Å². The van der Waals surface area contributed by atoms with Crippen molar-refractivity contribution >= 4 is 51.3 Å². The molecule has 4 nitrogen and oxygen atoms in total. The van der Waals surface area contributed by atoms with Crippen molar-refractivity contribution in [3.63, 3.8) is 0 Å². The van der Waals surface area contributed by atoms with E-state index in [1.165, 1.54) is 6.21 Å². The molecule has 28 heavy (non-hydrogen) atoms. The summed E-state index contributed by atoms with van der Waals surface area (Å²) in [5, 5.41) is 5.02. The Morgan fingerprint density at radius 1 is 1.04 bits per heavy atom. The van der Waals surface area contributed by atoms with E-state index in [0.29, 0.717) is 38.0 Å². The molecule has 1 N–H and O–H groups in total. The molecule has 1 amide bonds. The zero-order valence-electron chi connectivity index (χ0n) is 14.5. The number of carbonyl (C=O) groups excluding carboxylic acids is 1. The van der Waals surface area contributed by atoms with Crippen molar-refractivity contribution in [1.82, 2.24) is 5.43 Å². The van der Waals surface area contributed by atoms with Crippen molar-refractivity contribution in [3.8, 4) is 5.75 Å². The fourth-order valence-electron chi connectivity index (χ4n) is 2.38. The molecular formula is C21H15BrCl2N2O2. The largest absolute Gasteiger partial charge is 0.486 e. The molecule has 0 fully saturated rings. The highest BCUT2D eigenvalue weighted by atomic mass is 79.9. The van der Waals surface area contributed by atoms with Gasteiger partial charge in [0.15, 0.2) is 5.75 Å². The van der Waals surface area contributed by atoms with Crippen LogP contribution in [0.2, 0.25) is 10.0 Å². The molecule has 7 heteroatoms. The predicted octanol–water partition coefficient (Wildman–Crippen LogP) is 6.10. The first-order chi connectivity index (χ1) is 13.5. The Labute approximate surface area is 181 Å². The van der Waals surface area contributed by atoms with Crippen LogP contribution in [0.15, 0.2) is 76.3 Å². The van der Waals surface area contributed by atoms with Crippen molar-refractivity contribution in [1.29, 1.82) is 0 Å². The standard InChI is InChI=1S/C21H15BrCl2N2O2/c22-17-10-14(12-25-26-21(27)15-6-2-1-3-7-15)11-19(24)20(17)28-13-16-8-4-5-9-18(16)23/h1-12H,13H2,(H,26,27)/b25-12-. The van der Waals surface area contributed by atoms with E-state index in [0.717, 1.165) is 5.56 Å². The Morgan fingerprint density at radius 2 is 1.75 bits per heavy atom. The second kappa shape index (κ2) is 9.73. The van der Waals surface area contributed by atoms with Gasteiger partial charge in [-0.2, -0.15) is 5.10 Å². The van der Waals surface area contributed by atoms with Crippen LogP contribution >= 0.6 is 39.1 Å². The number of halogens is 3. The average molecular weight is 478 g/mol. The molecule has 0 aliphatic carbocycles. The molecule has 142 valence electrons. The van der Waals surface area contributed by atoms with Gasteiger partial charge in [0.25, 0.3) is 5.91 Å². The summed E-state index contributed by atoms with van der Waals surface area (Å²) in [6, 6.07) is 19.8. The third-order valence-electron chi connectivity index (χ3n) is 3.77. The van der Waals surface area contributed by atoms with Gasteiger partial charge in [0, 0.05) is 16.1 Å². The SMILES string of the molecule is O=C(N/N=C\c1cc(Cl)c(OCc2ccccc2Cl)c(Br)c1)c1ccccc1. The minimum Gasteiger partial charge on any atom is -0.486 e. The summed E-state index contributed by atoms with van der Waals surface area (Å²) in [6.07, 6.45) is 1.51. The summed E-state index contributed by atoms with van der Waals surface area (Å²) >= 11 is 15.9. The van der Waals surface area contributed by atoms with E-state index in [1.807, 2.05) is 24.3 Å². The van der Waals surface area contributed by atoms with Crippen molar-refractivity contribution in [2.75, 3.05) is 0 Å². The number of nitrogens with zero attached hydrogens (tertiary/aromatic N) is 1. The second-order valence-electron chi connectivity index (χ2n) is 5.76. The van der Waals surface area contributed by atoms with E-state index in [9.17, 15) is 4.79 Å². The van der Waals surface area contributed by atoms with Crippen LogP contribution < -0.4 is 10.2 Å². The van der Waals surface area contributed by atoms with Crippen LogP contribution in [0, 0.1) is 0 Å². The summed E-state index contributed by atoms with van der Waals surface area (Å²) in [5.74, 6) is 0.216. The minimum absolute atomic E-state index is 0.290. The number of hydrogen-bond acceptors (Lipinski definition) is 3. The smallest absolute Gasteiger partial charge is 0.271 e. The number of hydrogen-bond donors (Lipinski definition) is 1. The number of carbonyl (C=O) groups is 1. The van der Waals surface area contributed by atoms with E-state index in [4.69, 9.17) is 27.9 Å². The van der Waals surface area contributed by atoms with E-state index in [-0.39, 0.29) is 5.91 Å². The number of nitrogens with one attached hydrogen (secondary N) is 1. The van der Waals surface area contributed by atoms with Crippen molar-refractivity contribution in [3.05, 3.63) is 97.9 Å². The number of ether oxygens (including phenoxy) is 1. The molecule has 0 spiro atoms. The molecule has 0 aromatic heterocycles. The van der Waals surface area contributed by atoms with E-state index in [2.05, 4.69) is 26.5 Å². The highest BCUT2D eigenvalue weighted by molar-refractivity contribution is 9.10. The van der Waals surface area contributed by atoms with Gasteiger partial charge in [0.1, 0.15) is 6.61 Å². The van der Waals surface area contributed by atoms with Crippen LogP contribution in [0.1, 0.15) is 21.5 Å². The van der Waals surface area contributed by atoms with Gasteiger partial charge < -0.3 is 4.74 Å². The van der Waals surface area contributed by atoms with Crippen LogP contribution in [0.3, 0.4) is 0 Å². The molecule has 0 bridgehead atoms. The predicted molar refractivity (Wildman–Crippen MR) is 116 cm³/mol. The third kappa shape index (κ3) is 5.35. The lowest BCUT2D eigenvalue weighted by Crippen LogP contribution is -2.17. The fourth-order valence-corrected chi connectivity index (χ4v) is 3.56. The number of hydrazone groups is 1.